The van der Waals surface area contributed by atoms with Crippen LogP contribution in [0.15, 0.2) is 164 Å². The van der Waals surface area contributed by atoms with Gasteiger partial charge in [0.15, 0.2) is 5.82 Å². The molecule has 0 N–H and O–H groups in total. The molecule has 1 aliphatic rings. The first-order valence-corrected chi connectivity index (χ1v) is 15.4. The number of benzene rings is 6. The topological polar surface area (TPSA) is 39.9 Å². The average molecular weight is 590 g/mol. The van der Waals surface area contributed by atoms with Crippen molar-refractivity contribution in [3.8, 4) is 73.5 Å². The molecule has 46 heavy (non-hydrogen) atoms. The molecule has 1 aliphatic heterocycles. The Kier molecular flexibility index (Phi) is 6.10. The van der Waals surface area contributed by atoms with E-state index in [1.54, 1.807) is 0 Å². The van der Waals surface area contributed by atoms with Crippen molar-refractivity contribution in [3.63, 3.8) is 0 Å². The quantitative estimate of drug-likeness (QED) is 0.205. The van der Waals surface area contributed by atoms with Crippen LogP contribution in [0.2, 0.25) is 0 Å². The first-order valence-electron chi connectivity index (χ1n) is 15.4. The highest BCUT2D eigenvalue weighted by Gasteiger charge is 2.30. The van der Waals surface area contributed by atoms with Gasteiger partial charge in [0.05, 0.1) is 16.9 Å². The minimum atomic E-state index is 0.670. The summed E-state index contributed by atoms with van der Waals surface area (Å²) in [7, 11) is 0. The van der Waals surface area contributed by atoms with Gasteiger partial charge in [-0.2, -0.15) is 0 Å². The van der Waals surface area contributed by atoms with Crippen molar-refractivity contribution < 1.29 is 4.74 Å². The Balaban J connectivity index is 1.48. The minimum Gasteiger partial charge on any atom is -0.456 e. The summed E-state index contributed by atoms with van der Waals surface area (Å²) in [6.07, 6.45) is 0. The zero-order valence-corrected chi connectivity index (χ0v) is 24.8. The van der Waals surface area contributed by atoms with E-state index in [1.165, 1.54) is 0 Å². The van der Waals surface area contributed by atoms with Gasteiger partial charge >= 0.3 is 0 Å². The molecule has 4 nitrogen and oxygen atoms in total. The van der Waals surface area contributed by atoms with Gasteiger partial charge in [-0.05, 0) is 23.8 Å². The zero-order valence-electron chi connectivity index (χ0n) is 24.8. The van der Waals surface area contributed by atoms with Crippen molar-refractivity contribution in [1.82, 2.24) is 14.5 Å². The molecule has 0 bridgehead atoms. The number of aromatic nitrogens is 3. The van der Waals surface area contributed by atoms with Crippen LogP contribution < -0.4 is 4.74 Å². The Hall–Kier alpha value is -6.26. The van der Waals surface area contributed by atoms with E-state index in [-0.39, 0.29) is 0 Å². The Morgan fingerprint density at radius 1 is 0.457 bits per heavy atom. The van der Waals surface area contributed by atoms with E-state index in [4.69, 9.17) is 14.7 Å². The maximum atomic E-state index is 6.64. The van der Waals surface area contributed by atoms with Gasteiger partial charge in [-0.15, -0.1) is 0 Å². The lowest BCUT2D eigenvalue weighted by molar-refractivity contribution is 0.487. The van der Waals surface area contributed by atoms with Crippen LogP contribution in [0.3, 0.4) is 0 Å². The van der Waals surface area contributed by atoms with Gasteiger partial charge in [-0.1, -0.05) is 140 Å². The summed E-state index contributed by atoms with van der Waals surface area (Å²) in [6.45, 7) is 0. The monoisotopic (exact) mass is 589 g/mol. The Morgan fingerprint density at radius 3 is 1.74 bits per heavy atom. The van der Waals surface area contributed by atoms with Crippen LogP contribution in [0, 0.1) is 0 Å². The second-order valence-corrected chi connectivity index (χ2v) is 11.4. The zero-order chi connectivity index (χ0) is 30.5. The second kappa shape index (κ2) is 10.7. The third-order valence-electron chi connectivity index (χ3n) is 8.64. The second-order valence-electron chi connectivity index (χ2n) is 11.4. The number of para-hydroxylation sites is 3. The van der Waals surface area contributed by atoms with Crippen LogP contribution in [0.25, 0.3) is 72.9 Å². The van der Waals surface area contributed by atoms with E-state index in [2.05, 4.69) is 126 Å². The van der Waals surface area contributed by atoms with Crippen molar-refractivity contribution in [2.75, 3.05) is 0 Å². The third kappa shape index (κ3) is 4.23. The maximum absolute atomic E-state index is 6.64. The van der Waals surface area contributed by atoms with Gasteiger partial charge in [0, 0.05) is 44.8 Å². The number of hydrogen-bond donors (Lipinski definition) is 0. The summed E-state index contributed by atoms with van der Waals surface area (Å²) in [6, 6.07) is 56.5. The third-order valence-corrected chi connectivity index (χ3v) is 8.64. The first kappa shape index (κ1) is 26.2. The molecule has 0 spiro atoms. The van der Waals surface area contributed by atoms with Gasteiger partial charge in [0.1, 0.15) is 17.3 Å². The summed E-state index contributed by atoms with van der Waals surface area (Å²) >= 11 is 0. The van der Waals surface area contributed by atoms with Crippen molar-refractivity contribution in [3.05, 3.63) is 164 Å². The predicted molar refractivity (Wildman–Crippen MR) is 186 cm³/mol. The molecular formula is C42H27N3O. The normalized spacial score (nSPS) is 11.7. The molecule has 6 aromatic carbocycles. The van der Waals surface area contributed by atoms with Gasteiger partial charge in [-0.25, -0.2) is 9.97 Å². The summed E-state index contributed by atoms with van der Waals surface area (Å²) < 4.78 is 8.97. The lowest BCUT2D eigenvalue weighted by atomic mass is 9.96. The lowest BCUT2D eigenvalue weighted by Crippen LogP contribution is -2.05. The largest absolute Gasteiger partial charge is 0.456 e. The first-order chi connectivity index (χ1) is 22.8. The van der Waals surface area contributed by atoms with Crippen LogP contribution in [0.5, 0.6) is 11.5 Å². The fourth-order valence-corrected chi connectivity index (χ4v) is 6.60. The van der Waals surface area contributed by atoms with Gasteiger partial charge in [-0.3, -0.25) is 4.57 Å². The van der Waals surface area contributed by atoms with Crippen LogP contribution in [0.1, 0.15) is 0 Å². The lowest BCUT2D eigenvalue weighted by Gasteiger charge is -2.17. The van der Waals surface area contributed by atoms with E-state index in [9.17, 15) is 0 Å². The standard InChI is InChI=1S/C42H27N3O/c1-4-15-28(16-5-1)31-23-14-24-34-39-32-21-10-12-25-36(32)46-37-26-13-11-22-33(37)41(39)45(40(31)34)38-27-35(29-17-6-2-7-18-29)43-42(44-38)30-19-8-3-9-20-30/h1-27H. The highest BCUT2D eigenvalue weighted by atomic mass is 16.5. The molecule has 9 rings (SSSR count). The smallest absolute Gasteiger partial charge is 0.162 e. The van der Waals surface area contributed by atoms with E-state index >= 15 is 0 Å². The van der Waals surface area contributed by atoms with Crippen molar-refractivity contribution in [2.24, 2.45) is 0 Å². The molecule has 0 aliphatic carbocycles. The van der Waals surface area contributed by atoms with Gasteiger partial charge in [0.2, 0.25) is 0 Å². The molecule has 0 radical (unpaired) electrons. The Morgan fingerprint density at radius 2 is 1.02 bits per heavy atom. The van der Waals surface area contributed by atoms with Crippen molar-refractivity contribution in [1.29, 1.82) is 0 Å². The molecule has 0 saturated heterocycles. The summed E-state index contributed by atoms with van der Waals surface area (Å²) in [5, 5.41) is 1.13. The van der Waals surface area contributed by atoms with E-state index < -0.39 is 0 Å². The molecule has 0 atom stereocenters. The molecule has 2 aromatic heterocycles. The molecule has 3 heterocycles. The van der Waals surface area contributed by atoms with Crippen LogP contribution in [0.4, 0.5) is 0 Å². The summed E-state index contributed by atoms with van der Waals surface area (Å²) in [5.41, 5.74) is 10.4. The van der Waals surface area contributed by atoms with Crippen LogP contribution in [-0.4, -0.2) is 14.5 Å². The van der Waals surface area contributed by atoms with Crippen LogP contribution in [-0.2, 0) is 0 Å². The fraction of sp³-hybridized carbons (Fsp3) is 0. The van der Waals surface area contributed by atoms with Gasteiger partial charge < -0.3 is 4.74 Å². The molecule has 0 saturated carbocycles. The van der Waals surface area contributed by atoms with E-state index in [1.807, 2.05) is 42.5 Å². The molecule has 4 heteroatoms. The van der Waals surface area contributed by atoms with Crippen LogP contribution >= 0.6 is 0 Å². The number of ether oxygens (including phenoxy) is 1. The SMILES string of the molecule is c1ccc(-c2cc(-n3c4c(c5cccc(-c6ccccc6)c53)-c3ccccc3Oc3ccccc3-4)nc(-c3ccccc3)n2)cc1. The highest BCUT2D eigenvalue weighted by Crippen LogP contribution is 2.52. The summed E-state index contributed by atoms with van der Waals surface area (Å²) in [5.74, 6) is 3.09. The Labute approximate surface area is 266 Å². The number of fused-ring (bicyclic) bond motifs is 7. The number of nitrogens with zero attached hydrogens (tertiary/aromatic N) is 3. The predicted octanol–water partition coefficient (Wildman–Crippen LogP) is 10.9. The van der Waals surface area contributed by atoms with Crippen molar-refractivity contribution in [2.45, 2.75) is 0 Å². The fourth-order valence-electron chi connectivity index (χ4n) is 6.60. The highest BCUT2D eigenvalue weighted by molar-refractivity contribution is 6.12. The van der Waals surface area contributed by atoms with Gasteiger partial charge in [0.25, 0.3) is 0 Å². The number of rotatable bonds is 4. The van der Waals surface area contributed by atoms with E-state index in [0.717, 1.165) is 78.6 Å². The molecule has 216 valence electrons. The average Bonchev–Trinajstić information content (AvgIpc) is 3.40. The summed E-state index contributed by atoms with van der Waals surface area (Å²) in [4.78, 5) is 10.4. The molecule has 8 aromatic rings. The molecule has 0 amide bonds. The van der Waals surface area contributed by atoms with Crippen molar-refractivity contribution >= 4 is 10.9 Å². The maximum Gasteiger partial charge on any atom is 0.162 e. The molecule has 0 unspecified atom stereocenters. The molecular weight excluding hydrogens is 562 g/mol. The molecule has 0 fully saturated rings. The minimum absolute atomic E-state index is 0.670. The Bertz CT molecular complexity index is 2320. The van der Waals surface area contributed by atoms with E-state index in [0.29, 0.717) is 5.82 Å². The number of hydrogen-bond acceptors (Lipinski definition) is 3.